The highest BCUT2D eigenvalue weighted by Gasteiger charge is 2.21. The predicted octanol–water partition coefficient (Wildman–Crippen LogP) is 6.59. The summed E-state index contributed by atoms with van der Waals surface area (Å²) in [5, 5.41) is 0. The van der Waals surface area contributed by atoms with Crippen LogP contribution in [0.25, 0.3) is 0 Å². The standard InChI is InChI=1S/C29H34O3/c1-4-28-24(14-13-22-11-9-21(3)10-12-22)15-16-25(28)17-18-27(30)20-23-7-6-8-26(19-23)29(31)32-5-2/h6-12,15-16,19,28H,4-5,13-14,17-18,20H2,1-3H3. The van der Waals surface area contributed by atoms with Gasteiger partial charge in [-0.25, -0.2) is 4.79 Å². The second-order valence-corrected chi connectivity index (χ2v) is 8.57. The average Bonchev–Trinajstić information content (AvgIpc) is 3.19. The molecule has 0 saturated carbocycles. The normalized spacial score (nSPS) is 15.3. The van der Waals surface area contributed by atoms with Crippen LogP contribution in [0.3, 0.4) is 0 Å². The molecule has 0 aliphatic heterocycles. The second-order valence-electron chi connectivity index (χ2n) is 8.57. The fraction of sp³-hybridized carbons (Fsp3) is 0.379. The van der Waals surface area contributed by atoms with Crippen molar-refractivity contribution in [2.75, 3.05) is 6.61 Å². The van der Waals surface area contributed by atoms with Crippen LogP contribution in [-0.2, 0) is 22.4 Å². The number of benzene rings is 2. The summed E-state index contributed by atoms with van der Waals surface area (Å²) in [5.74, 6) is 0.322. The van der Waals surface area contributed by atoms with Crippen molar-refractivity contribution in [2.24, 2.45) is 5.92 Å². The summed E-state index contributed by atoms with van der Waals surface area (Å²) in [5.41, 5.74) is 6.90. The molecule has 168 valence electrons. The van der Waals surface area contributed by atoms with Gasteiger partial charge in [-0.15, -0.1) is 0 Å². The molecule has 1 aliphatic carbocycles. The SMILES string of the molecule is CCOC(=O)c1cccc(CC(=O)CCC2=CC=C(CCc3ccc(C)cc3)C2CC)c1. The maximum absolute atomic E-state index is 12.6. The van der Waals surface area contributed by atoms with E-state index < -0.39 is 0 Å². The predicted molar refractivity (Wildman–Crippen MR) is 130 cm³/mol. The van der Waals surface area contributed by atoms with Gasteiger partial charge in [-0.3, -0.25) is 4.79 Å². The van der Waals surface area contributed by atoms with Crippen molar-refractivity contribution in [1.29, 1.82) is 0 Å². The van der Waals surface area contributed by atoms with Crippen LogP contribution in [0.2, 0.25) is 0 Å². The van der Waals surface area contributed by atoms with Crippen molar-refractivity contribution < 1.29 is 14.3 Å². The zero-order valence-electron chi connectivity index (χ0n) is 19.5. The van der Waals surface area contributed by atoms with Gasteiger partial charge in [0.15, 0.2) is 0 Å². The number of Topliss-reactive ketones (excluding diaryl/α,β-unsaturated/α-hetero) is 1. The minimum atomic E-state index is -0.340. The summed E-state index contributed by atoms with van der Waals surface area (Å²) in [6.07, 6.45) is 9.38. The molecule has 1 unspecified atom stereocenters. The lowest BCUT2D eigenvalue weighted by Crippen LogP contribution is -2.09. The summed E-state index contributed by atoms with van der Waals surface area (Å²) in [6.45, 7) is 6.48. The van der Waals surface area contributed by atoms with Gasteiger partial charge in [0.25, 0.3) is 0 Å². The summed E-state index contributed by atoms with van der Waals surface area (Å²) < 4.78 is 5.05. The van der Waals surface area contributed by atoms with E-state index in [0.29, 0.717) is 30.9 Å². The molecule has 2 aromatic rings. The van der Waals surface area contributed by atoms with Crippen molar-refractivity contribution in [3.8, 4) is 0 Å². The lowest BCUT2D eigenvalue weighted by atomic mass is 9.87. The fourth-order valence-electron chi connectivity index (χ4n) is 4.39. The maximum Gasteiger partial charge on any atom is 0.338 e. The first-order valence-corrected chi connectivity index (χ1v) is 11.7. The number of allylic oxidation sites excluding steroid dienone is 4. The van der Waals surface area contributed by atoms with Gasteiger partial charge in [-0.1, -0.05) is 72.2 Å². The Hall–Kier alpha value is -2.94. The first-order valence-electron chi connectivity index (χ1n) is 11.7. The third-order valence-corrected chi connectivity index (χ3v) is 6.17. The number of carbonyl (C=O) groups is 2. The van der Waals surface area contributed by atoms with E-state index in [1.165, 1.54) is 22.3 Å². The van der Waals surface area contributed by atoms with Crippen LogP contribution in [0.4, 0.5) is 0 Å². The van der Waals surface area contributed by atoms with E-state index in [2.05, 4.69) is 50.3 Å². The monoisotopic (exact) mass is 430 g/mol. The van der Waals surface area contributed by atoms with E-state index in [0.717, 1.165) is 31.2 Å². The summed E-state index contributed by atoms with van der Waals surface area (Å²) in [6, 6.07) is 16.0. The second kappa shape index (κ2) is 11.6. The molecule has 0 spiro atoms. The smallest absolute Gasteiger partial charge is 0.338 e. The van der Waals surface area contributed by atoms with Crippen LogP contribution in [0, 0.1) is 12.8 Å². The van der Waals surface area contributed by atoms with Crippen molar-refractivity contribution in [1.82, 2.24) is 0 Å². The summed E-state index contributed by atoms with van der Waals surface area (Å²) in [7, 11) is 0. The number of ether oxygens (including phenoxy) is 1. The number of ketones is 1. The Balaban J connectivity index is 1.49. The van der Waals surface area contributed by atoms with E-state index in [-0.39, 0.29) is 11.8 Å². The molecule has 0 amide bonds. The van der Waals surface area contributed by atoms with Gasteiger partial charge in [-0.2, -0.15) is 0 Å². The molecule has 0 aromatic heterocycles. The van der Waals surface area contributed by atoms with E-state index in [1.54, 1.807) is 19.1 Å². The Labute approximate surface area is 192 Å². The van der Waals surface area contributed by atoms with Crippen LogP contribution in [0.15, 0.2) is 71.8 Å². The maximum atomic E-state index is 12.6. The van der Waals surface area contributed by atoms with Crippen LogP contribution >= 0.6 is 0 Å². The quantitative estimate of drug-likeness (QED) is 0.378. The van der Waals surface area contributed by atoms with E-state index in [4.69, 9.17) is 4.74 Å². The third-order valence-electron chi connectivity index (χ3n) is 6.17. The van der Waals surface area contributed by atoms with Gasteiger partial charge < -0.3 is 4.74 Å². The molecule has 0 fully saturated rings. The molecule has 0 bridgehead atoms. The topological polar surface area (TPSA) is 43.4 Å². The van der Waals surface area contributed by atoms with Crippen molar-refractivity contribution >= 4 is 11.8 Å². The zero-order chi connectivity index (χ0) is 22.9. The van der Waals surface area contributed by atoms with E-state index in [9.17, 15) is 9.59 Å². The van der Waals surface area contributed by atoms with E-state index >= 15 is 0 Å². The molecule has 3 heteroatoms. The van der Waals surface area contributed by atoms with Crippen molar-refractivity contribution in [3.63, 3.8) is 0 Å². The number of rotatable bonds is 11. The molecule has 0 N–H and O–H groups in total. The molecular formula is C29H34O3. The highest BCUT2D eigenvalue weighted by Crippen LogP contribution is 2.35. The Kier molecular flexibility index (Phi) is 8.61. The van der Waals surface area contributed by atoms with Gasteiger partial charge in [0, 0.05) is 18.8 Å². The Morgan fingerprint density at radius 3 is 2.28 bits per heavy atom. The molecule has 3 rings (SSSR count). The highest BCUT2D eigenvalue weighted by molar-refractivity contribution is 5.90. The lowest BCUT2D eigenvalue weighted by Gasteiger charge is -2.18. The number of carbonyl (C=O) groups excluding carboxylic acids is 2. The number of aryl methyl sites for hydroxylation is 2. The molecule has 2 aromatic carbocycles. The van der Waals surface area contributed by atoms with Gasteiger partial charge in [0.2, 0.25) is 0 Å². The first kappa shape index (κ1) is 23.7. The van der Waals surface area contributed by atoms with Crippen LogP contribution in [0.5, 0.6) is 0 Å². The summed E-state index contributed by atoms with van der Waals surface area (Å²) in [4.78, 5) is 24.6. The molecule has 32 heavy (non-hydrogen) atoms. The first-order chi connectivity index (χ1) is 15.5. The Morgan fingerprint density at radius 1 is 0.875 bits per heavy atom. The number of hydrogen-bond donors (Lipinski definition) is 0. The largest absolute Gasteiger partial charge is 0.462 e. The zero-order valence-corrected chi connectivity index (χ0v) is 19.5. The highest BCUT2D eigenvalue weighted by atomic mass is 16.5. The van der Waals surface area contributed by atoms with E-state index in [1.807, 2.05) is 12.1 Å². The number of esters is 1. The van der Waals surface area contributed by atoms with Gasteiger partial charge in [0.05, 0.1) is 12.2 Å². The van der Waals surface area contributed by atoms with Crippen LogP contribution in [-0.4, -0.2) is 18.4 Å². The molecular weight excluding hydrogens is 396 g/mol. The molecule has 3 nitrogen and oxygen atoms in total. The molecule has 0 saturated heterocycles. The average molecular weight is 431 g/mol. The Morgan fingerprint density at radius 2 is 1.59 bits per heavy atom. The molecule has 1 atom stereocenters. The third kappa shape index (κ3) is 6.53. The van der Waals surface area contributed by atoms with Crippen LogP contribution in [0.1, 0.15) is 66.6 Å². The number of hydrogen-bond acceptors (Lipinski definition) is 3. The molecule has 0 heterocycles. The van der Waals surface area contributed by atoms with Gasteiger partial charge in [-0.05, 0) is 62.8 Å². The van der Waals surface area contributed by atoms with Gasteiger partial charge in [0.1, 0.15) is 5.78 Å². The summed E-state index contributed by atoms with van der Waals surface area (Å²) >= 11 is 0. The van der Waals surface area contributed by atoms with Crippen molar-refractivity contribution in [3.05, 3.63) is 94.1 Å². The Bertz CT molecular complexity index is 995. The lowest BCUT2D eigenvalue weighted by molar-refractivity contribution is -0.118. The van der Waals surface area contributed by atoms with Crippen LogP contribution < -0.4 is 0 Å². The molecule has 0 radical (unpaired) electrons. The van der Waals surface area contributed by atoms with Gasteiger partial charge >= 0.3 is 5.97 Å². The van der Waals surface area contributed by atoms with Crippen molar-refractivity contribution in [2.45, 2.75) is 59.3 Å². The molecule has 1 aliphatic rings. The minimum absolute atomic E-state index is 0.204. The fourth-order valence-corrected chi connectivity index (χ4v) is 4.39. The minimum Gasteiger partial charge on any atom is -0.462 e.